The van der Waals surface area contributed by atoms with Crippen LogP contribution in [-0.4, -0.2) is 61.2 Å². The summed E-state index contributed by atoms with van der Waals surface area (Å²) in [6.07, 6.45) is 9.41. The highest BCUT2D eigenvalue weighted by Gasteiger charge is 2.23. The molecule has 5 heterocycles. The predicted octanol–water partition coefficient (Wildman–Crippen LogP) is 2.80. The van der Waals surface area contributed by atoms with E-state index in [1.165, 1.54) is 22.7 Å². The molecule has 1 fully saturated rings. The quantitative estimate of drug-likeness (QED) is 0.312. The minimum absolute atomic E-state index is 0.0914. The van der Waals surface area contributed by atoms with Crippen molar-refractivity contribution in [2.24, 2.45) is 0 Å². The Bertz CT molecular complexity index is 1320. The second-order valence-electron chi connectivity index (χ2n) is 8.64. The van der Waals surface area contributed by atoms with Gasteiger partial charge in [0.25, 0.3) is 0 Å². The van der Waals surface area contributed by atoms with Crippen molar-refractivity contribution in [1.82, 2.24) is 30.4 Å². The topological polar surface area (TPSA) is 139 Å². The molecule has 13 heteroatoms. The van der Waals surface area contributed by atoms with E-state index in [0.29, 0.717) is 16.6 Å². The van der Waals surface area contributed by atoms with Gasteiger partial charge in [0.1, 0.15) is 10.8 Å². The molecule has 0 spiro atoms. The number of piperidine rings is 1. The Hall–Kier alpha value is -3.84. The van der Waals surface area contributed by atoms with Gasteiger partial charge in [-0.1, -0.05) is 34.8 Å². The predicted molar refractivity (Wildman–Crippen MR) is 142 cm³/mol. The van der Waals surface area contributed by atoms with Gasteiger partial charge in [0.15, 0.2) is 0 Å². The maximum absolute atomic E-state index is 12.3. The first-order valence-electron chi connectivity index (χ1n) is 11.9. The molecular formula is C24H25N9O2S2. The van der Waals surface area contributed by atoms with E-state index in [4.69, 9.17) is 0 Å². The van der Waals surface area contributed by atoms with Crippen molar-refractivity contribution in [3.63, 3.8) is 0 Å². The van der Waals surface area contributed by atoms with Gasteiger partial charge in [-0.25, -0.2) is 0 Å². The van der Waals surface area contributed by atoms with Gasteiger partial charge in [-0.15, -0.1) is 20.4 Å². The number of ketones is 1. The van der Waals surface area contributed by atoms with Crippen LogP contribution in [0, 0.1) is 0 Å². The summed E-state index contributed by atoms with van der Waals surface area (Å²) in [5.74, 6) is -0.0532. The highest BCUT2D eigenvalue weighted by Crippen LogP contribution is 2.28. The first kappa shape index (κ1) is 24.8. The average molecular weight is 536 g/mol. The van der Waals surface area contributed by atoms with Crippen molar-refractivity contribution in [2.45, 2.75) is 38.1 Å². The van der Waals surface area contributed by atoms with Crippen LogP contribution in [0.15, 0.2) is 49.1 Å². The Balaban J connectivity index is 1.06. The smallest absolute Gasteiger partial charge is 0.230 e. The molecule has 2 N–H and O–H groups in total. The standard InChI is InChI=1S/C24H25N9O2S2/c34-19(11-16-3-1-7-25-14-16)13-21-29-30-22(36-21)27-18-5-9-33(10-6-18)24-32-31-23(37-24)28-20(35)12-17-4-2-8-26-15-17/h1-4,7-8,14-15,18H,5-6,9-13H2,(H,27,30)(H,28,31,35). The fourth-order valence-electron chi connectivity index (χ4n) is 3.98. The lowest BCUT2D eigenvalue weighted by Gasteiger charge is -2.31. The zero-order chi connectivity index (χ0) is 25.5. The summed E-state index contributed by atoms with van der Waals surface area (Å²) in [5.41, 5.74) is 1.75. The van der Waals surface area contributed by atoms with Crippen molar-refractivity contribution in [1.29, 1.82) is 0 Å². The van der Waals surface area contributed by atoms with Gasteiger partial charge in [0.05, 0.1) is 12.8 Å². The van der Waals surface area contributed by atoms with Crippen LogP contribution in [-0.2, 0) is 28.9 Å². The molecule has 37 heavy (non-hydrogen) atoms. The maximum atomic E-state index is 12.3. The summed E-state index contributed by atoms with van der Waals surface area (Å²) in [7, 11) is 0. The largest absolute Gasteiger partial charge is 0.357 e. The molecule has 11 nitrogen and oxygen atoms in total. The number of amides is 1. The van der Waals surface area contributed by atoms with Crippen LogP contribution >= 0.6 is 22.7 Å². The van der Waals surface area contributed by atoms with E-state index in [9.17, 15) is 9.59 Å². The van der Waals surface area contributed by atoms with Crippen LogP contribution in [0.25, 0.3) is 0 Å². The van der Waals surface area contributed by atoms with Crippen molar-refractivity contribution in [3.8, 4) is 0 Å². The lowest BCUT2D eigenvalue weighted by molar-refractivity contribution is -0.118. The van der Waals surface area contributed by atoms with Gasteiger partial charge >= 0.3 is 0 Å². The Morgan fingerprint density at radius 3 is 2.27 bits per heavy atom. The van der Waals surface area contributed by atoms with Crippen molar-refractivity contribution in [3.05, 3.63) is 65.2 Å². The molecule has 4 aromatic rings. The van der Waals surface area contributed by atoms with Crippen LogP contribution in [0.3, 0.4) is 0 Å². The minimum atomic E-state index is -0.145. The molecule has 0 unspecified atom stereocenters. The van der Waals surface area contributed by atoms with Crippen LogP contribution < -0.4 is 15.5 Å². The fraction of sp³-hybridized carbons (Fsp3) is 0.333. The normalized spacial score (nSPS) is 13.9. The van der Waals surface area contributed by atoms with Gasteiger partial charge < -0.3 is 15.5 Å². The molecule has 5 rings (SSSR count). The van der Waals surface area contributed by atoms with Crippen LogP contribution in [0.4, 0.5) is 15.4 Å². The van der Waals surface area contributed by atoms with Gasteiger partial charge in [-0.3, -0.25) is 19.6 Å². The van der Waals surface area contributed by atoms with E-state index in [1.54, 1.807) is 30.9 Å². The molecule has 1 aliphatic heterocycles. The Kier molecular flexibility index (Phi) is 8.01. The molecule has 0 atom stereocenters. The summed E-state index contributed by atoms with van der Waals surface area (Å²) in [4.78, 5) is 34.9. The monoisotopic (exact) mass is 535 g/mol. The number of hydrogen-bond donors (Lipinski definition) is 2. The van der Waals surface area contributed by atoms with Gasteiger partial charge in [0, 0.05) is 50.3 Å². The molecule has 1 amide bonds. The van der Waals surface area contributed by atoms with Crippen molar-refractivity contribution >= 4 is 49.8 Å². The second-order valence-corrected chi connectivity index (χ2v) is 10.7. The van der Waals surface area contributed by atoms with E-state index >= 15 is 0 Å². The molecule has 190 valence electrons. The number of pyridine rings is 2. The van der Waals surface area contributed by atoms with Crippen LogP contribution in [0.5, 0.6) is 0 Å². The van der Waals surface area contributed by atoms with E-state index in [2.05, 4.69) is 45.9 Å². The number of carbonyl (C=O) groups excluding carboxylic acids is 2. The van der Waals surface area contributed by atoms with Gasteiger partial charge in [0.2, 0.25) is 21.3 Å². The van der Waals surface area contributed by atoms with Gasteiger partial charge in [-0.2, -0.15) is 0 Å². The second kappa shape index (κ2) is 11.9. The lowest BCUT2D eigenvalue weighted by atomic mass is 10.1. The minimum Gasteiger partial charge on any atom is -0.357 e. The molecule has 0 aromatic carbocycles. The number of nitrogens with one attached hydrogen (secondary N) is 2. The summed E-state index contributed by atoms with van der Waals surface area (Å²) in [5, 5.41) is 25.8. The first-order chi connectivity index (χ1) is 18.1. The van der Waals surface area contributed by atoms with E-state index in [1.807, 2.05) is 18.2 Å². The van der Waals surface area contributed by atoms with E-state index in [-0.39, 0.29) is 30.6 Å². The third-order valence-electron chi connectivity index (χ3n) is 5.78. The summed E-state index contributed by atoms with van der Waals surface area (Å²) < 4.78 is 0. The number of nitrogens with zero attached hydrogens (tertiary/aromatic N) is 7. The van der Waals surface area contributed by atoms with Crippen molar-refractivity contribution in [2.75, 3.05) is 28.6 Å². The number of hydrogen-bond acceptors (Lipinski definition) is 12. The highest BCUT2D eigenvalue weighted by molar-refractivity contribution is 7.19. The SMILES string of the molecule is O=C(Cc1cccnc1)Cc1nnc(NC2CCN(c3nnc(NC(=O)Cc4cccnc4)s3)CC2)s1. The van der Waals surface area contributed by atoms with Crippen LogP contribution in [0.2, 0.25) is 0 Å². The van der Waals surface area contributed by atoms with E-state index in [0.717, 1.165) is 47.3 Å². The lowest BCUT2D eigenvalue weighted by Crippen LogP contribution is -2.39. The summed E-state index contributed by atoms with van der Waals surface area (Å²) in [6.45, 7) is 1.62. The number of anilines is 3. The zero-order valence-electron chi connectivity index (χ0n) is 19.9. The number of aromatic nitrogens is 6. The fourth-order valence-corrected chi connectivity index (χ4v) is 5.64. The zero-order valence-corrected chi connectivity index (χ0v) is 21.5. The Morgan fingerprint density at radius 1 is 0.865 bits per heavy atom. The van der Waals surface area contributed by atoms with Crippen LogP contribution in [0.1, 0.15) is 29.0 Å². The molecule has 1 saturated heterocycles. The number of Topliss-reactive ketones (excluding diaryl/α,β-unsaturated/α-hetero) is 1. The van der Waals surface area contributed by atoms with Gasteiger partial charge in [-0.05, 0) is 36.1 Å². The third kappa shape index (κ3) is 7.11. The number of carbonyl (C=O) groups is 2. The third-order valence-corrected chi connectivity index (χ3v) is 7.53. The molecule has 0 saturated carbocycles. The maximum Gasteiger partial charge on any atom is 0.230 e. The van der Waals surface area contributed by atoms with E-state index < -0.39 is 0 Å². The Labute approximate surface area is 221 Å². The average Bonchev–Trinajstić information content (AvgIpc) is 3.55. The summed E-state index contributed by atoms with van der Waals surface area (Å²) in [6, 6.07) is 7.65. The first-order valence-corrected chi connectivity index (χ1v) is 13.5. The number of rotatable bonds is 10. The molecule has 0 radical (unpaired) electrons. The molecule has 0 bridgehead atoms. The Morgan fingerprint density at radius 2 is 1.57 bits per heavy atom. The molecule has 0 aliphatic carbocycles. The molecule has 4 aromatic heterocycles. The highest BCUT2D eigenvalue weighted by atomic mass is 32.1. The molecular weight excluding hydrogens is 510 g/mol. The van der Waals surface area contributed by atoms with Crippen molar-refractivity contribution < 1.29 is 9.59 Å². The molecule has 1 aliphatic rings. The summed E-state index contributed by atoms with van der Waals surface area (Å²) >= 11 is 2.80.